The van der Waals surface area contributed by atoms with Crippen molar-refractivity contribution >= 4 is 14.2 Å². The van der Waals surface area contributed by atoms with Gasteiger partial charge in [0.05, 0.1) is 31.5 Å². The number of carbonyl (C=O) groups is 1. The predicted octanol–water partition coefficient (Wildman–Crippen LogP) is 5.78. The standard InChI is InChI=1S/C23H26F3O8P/c1-4-30-22(27)15-21(34-35(28)31-14-13-29-3)16(2)32-18-9-11-20(12-10-18)33-19-7-5-17(6-8-19)23(24,25)26/h5-12,15-16,35H,4,13-14H2,1-3H3. The number of alkyl halides is 3. The summed E-state index contributed by atoms with van der Waals surface area (Å²) in [6, 6.07) is 10.5. The average molecular weight is 518 g/mol. The number of carbonyl (C=O) groups excluding carboxylic acids is 1. The molecule has 2 rings (SSSR count). The first-order chi connectivity index (χ1) is 16.6. The first-order valence-electron chi connectivity index (χ1n) is 10.5. The highest BCUT2D eigenvalue weighted by molar-refractivity contribution is 7.33. The van der Waals surface area contributed by atoms with Crippen molar-refractivity contribution in [1.82, 2.24) is 0 Å². The molecule has 0 radical (unpaired) electrons. The second-order valence-corrected chi connectivity index (χ2v) is 7.84. The molecule has 35 heavy (non-hydrogen) atoms. The number of rotatable bonds is 13. The normalized spacial score (nSPS) is 13.6. The van der Waals surface area contributed by atoms with Crippen molar-refractivity contribution in [3.63, 3.8) is 0 Å². The minimum absolute atomic E-state index is 0.0383. The van der Waals surface area contributed by atoms with Crippen molar-refractivity contribution in [3.8, 4) is 17.2 Å². The molecule has 2 aromatic rings. The molecule has 0 saturated carbocycles. The Bertz CT molecular complexity index is 991. The maximum Gasteiger partial charge on any atom is 0.416 e. The Labute approximate surface area is 201 Å². The van der Waals surface area contributed by atoms with E-state index in [0.29, 0.717) is 11.5 Å². The van der Waals surface area contributed by atoms with Crippen molar-refractivity contribution in [2.24, 2.45) is 0 Å². The lowest BCUT2D eigenvalue weighted by Gasteiger charge is -2.19. The van der Waals surface area contributed by atoms with Crippen LogP contribution in [0.25, 0.3) is 0 Å². The van der Waals surface area contributed by atoms with Gasteiger partial charge in [0, 0.05) is 7.11 Å². The molecule has 0 aliphatic carbocycles. The van der Waals surface area contributed by atoms with Gasteiger partial charge in [0.25, 0.3) is 0 Å². The van der Waals surface area contributed by atoms with Gasteiger partial charge in [-0.1, -0.05) is 0 Å². The molecular formula is C23H26F3O8P. The van der Waals surface area contributed by atoms with E-state index in [1.807, 2.05) is 0 Å². The Kier molecular flexibility index (Phi) is 11.1. The highest BCUT2D eigenvalue weighted by atomic mass is 31.1. The van der Waals surface area contributed by atoms with Crippen LogP contribution >= 0.6 is 8.25 Å². The molecule has 12 heteroatoms. The minimum atomic E-state index is -4.43. The van der Waals surface area contributed by atoms with Crippen molar-refractivity contribution in [1.29, 1.82) is 0 Å². The van der Waals surface area contributed by atoms with Gasteiger partial charge in [-0.05, 0) is 62.4 Å². The molecule has 0 saturated heterocycles. The smallest absolute Gasteiger partial charge is 0.416 e. The third-order valence-electron chi connectivity index (χ3n) is 4.21. The second kappa shape index (κ2) is 13.8. The van der Waals surface area contributed by atoms with Gasteiger partial charge in [-0.25, -0.2) is 9.36 Å². The summed E-state index contributed by atoms with van der Waals surface area (Å²) in [5, 5.41) is 0. The Balaban J connectivity index is 2.04. The summed E-state index contributed by atoms with van der Waals surface area (Å²) in [5.41, 5.74) is -0.775. The van der Waals surface area contributed by atoms with E-state index in [-0.39, 0.29) is 31.3 Å². The predicted molar refractivity (Wildman–Crippen MR) is 121 cm³/mol. The van der Waals surface area contributed by atoms with Gasteiger partial charge in [0.1, 0.15) is 17.2 Å². The van der Waals surface area contributed by atoms with E-state index in [1.165, 1.54) is 19.2 Å². The van der Waals surface area contributed by atoms with Gasteiger partial charge in [0.2, 0.25) is 0 Å². The average Bonchev–Trinajstić information content (AvgIpc) is 2.80. The topological polar surface area (TPSA) is 89.5 Å². The molecule has 0 spiro atoms. The van der Waals surface area contributed by atoms with Crippen molar-refractivity contribution in [2.75, 3.05) is 26.9 Å². The molecule has 0 heterocycles. The van der Waals surface area contributed by atoms with E-state index in [1.54, 1.807) is 38.1 Å². The fourth-order valence-electron chi connectivity index (χ4n) is 2.56. The molecule has 2 atom stereocenters. The highest BCUT2D eigenvalue weighted by Gasteiger charge is 2.30. The number of hydrogen-bond acceptors (Lipinski definition) is 8. The summed E-state index contributed by atoms with van der Waals surface area (Å²) in [6.07, 6.45) is -4.25. The van der Waals surface area contributed by atoms with Gasteiger partial charge in [-0.3, -0.25) is 4.52 Å². The third-order valence-corrected chi connectivity index (χ3v) is 5.05. The molecule has 0 fully saturated rings. The molecule has 192 valence electrons. The SMILES string of the molecule is CCOC(=O)C=C(O[PH](=O)OCCOC)C(C)Oc1ccc(Oc2ccc(C(F)(F)F)cc2)cc1. The van der Waals surface area contributed by atoms with E-state index in [4.69, 9.17) is 28.0 Å². The Hall–Kier alpha value is -3.01. The zero-order valence-corrected chi connectivity index (χ0v) is 20.3. The van der Waals surface area contributed by atoms with E-state index in [0.717, 1.165) is 18.2 Å². The number of halogens is 3. The monoisotopic (exact) mass is 518 g/mol. The van der Waals surface area contributed by atoms with Crippen molar-refractivity contribution in [2.45, 2.75) is 26.1 Å². The lowest BCUT2D eigenvalue weighted by atomic mass is 10.2. The van der Waals surface area contributed by atoms with Gasteiger partial charge in [-0.15, -0.1) is 0 Å². The maximum absolute atomic E-state index is 12.7. The number of methoxy groups -OCH3 is 1. The van der Waals surface area contributed by atoms with Crippen LogP contribution in [0.2, 0.25) is 0 Å². The number of ether oxygens (including phenoxy) is 4. The molecule has 0 aliphatic rings. The quantitative estimate of drug-likeness (QED) is 0.108. The lowest BCUT2D eigenvalue weighted by Crippen LogP contribution is -2.18. The number of esters is 1. The second-order valence-electron chi connectivity index (χ2n) is 6.85. The molecule has 0 bridgehead atoms. The number of benzene rings is 2. The Morgan fingerprint density at radius 2 is 1.57 bits per heavy atom. The molecule has 8 nitrogen and oxygen atoms in total. The first-order valence-corrected chi connectivity index (χ1v) is 11.7. The molecule has 0 aliphatic heterocycles. The van der Waals surface area contributed by atoms with E-state index < -0.39 is 32.1 Å². The Morgan fingerprint density at radius 3 is 2.11 bits per heavy atom. The zero-order chi connectivity index (χ0) is 25.8. The number of hydrogen-bond donors (Lipinski definition) is 0. The van der Waals surface area contributed by atoms with Gasteiger partial charge in [0.15, 0.2) is 11.9 Å². The van der Waals surface area contributed by atoms with E-state index in [9.17, 15) is 22.5 Å². The first kappa shape index (κ1) is 28.2. The molecule has 0 aromatic heterocycles. The molecular weight excluding hydrogens is 492 g/mol. The molecule has 2 unspecified atom stereocenters. The summed E-state index contributed by atoms with van der Waals surface area (Å²) in [7, 11) is -1.52. The summed E-state index contributed by atoms with van der Waals surface area (Å²) >= 11 is 0. The van der Waals surface area contributed by atoms with Crippen molar-refractivity contribution < 1.29 is 50.5 Å². The summed E-state index contributed by atoms with van der Waals surface area (Å²) in [6.45, 7) is 3.59. The van der Waals surface area contributed by atoms with Crippen LogP contribution in [-0.2, 0) is 34.1 Å². The maximum atomic E-state index is 12.7. The summed E-state index contributed by atoms with van der Waals surface area (Å²) < 4.78 is 81.4. The van der Waals surface area contributed by atoms with Crippen LogP contribution in [0, 0.1) is 0 Å². The molecule has 0 amide bonds. The van der Waals surface area contributed by atoms with Crippen LogP contribution in [0.5, 0.6) is 17.2 Å². The zero-order valence-electron chi connectivity index (χ0n) is 19.3. The van der Waals surface area contributed by atoms with E-state index in [2.05, 4.69) is 0 Å². The minimum Gasteiger partial charge on any atom is -0.483 e. The van der Waals surface area contributed by atoms with Gasteiger partial charge in [-0.2, -0.15) is 13.2 Å². The van der Waals surface area contributed by atoms with Crippen LogP contribution in [0.1, 0.15) is 19.4 Å². The fourth-order valence-corrected chi connectivity index (χ4v) is 3.29. The molecule has 0 N–H and O–H groups in total. The largest absolute Gasteiger partial charge is 0.483 e. The van der Waals surface area contributed by atoms with Gasteiger partial charge < -0.3 is 23.5 Å². The van der Waals surface area contributed by atoms with Crippen LogP contribution in [0.3, 0.4) is 0 Å². The fraction of sp³-hybridized carbons (Fsp3) is 0.348. The van der Waals surface area contributed by atoms with Crippen LogP contribution < -0.4 is 9.47 Å². The van der Waals surface area contributed by atoms with Gasteiger partial charge >= 0.3 is 20.4 Å². The summed E-state index contributed by atoms with van der Waals surface area (Å²) in [4.78, 5) is 11.9. The Morgan fingerprint density at radius 1 is 1.00 bits per heavy atom. The highest BCUT2D eigenvalue weighted by Crippen LogP contribution is 2.33. The van der Waals surface area contributed by atoms with Crippen molar-refractivity contribution in [3.05, 3.63) is 65.9 Å². The van der Waals surface area contributed by atoms with E-state index >= 15 is 0 Å². The van der Waals surface area contributed by atoms with Crippen LogP contribution in [-0.4, -0.2) is 39.0 Å². The van der Waals surface area contributed by atoms with Crippen LogP contribution in [0.15, 0.2) is 60.4 Å². The third kappa shape index (κ3) is 10.0. The van der Waals surface area contributed by atoms with Crippen LogP contribution in [0.4, 0.5) is 13.2 Å². The molecule has 2 aromatic carbocycles. The summed E-state index contributed by atoms with van der Waals surface area (Å²) in [5.74, 6) is 0.182. The lowest BCUT2D eigenvalue weighted by molar-refractivity contribution is -0.138.